The van der Waals surface area contributed by atoms with Crippen LogP contribution in [0.3, 0.4) is 0 Å². The van der Waals surface area contributed by atoms with Gasteiger partial charge in [-0.3, -0.25) is 9.59 Å². The molecule has 2 N–H and O–H groups in total. The lowest BCUT2D eigenvalue weighted by molar-refractivity contribution is -0.146. The molecule has 1 heterocycles. The van der Waals surface area contributed by atoms with Gasteiger partial charge in [0, 0.05) is 13.7 Å². The fraction of sp³-hybridized carbons (Fsp3) is 0.556. The lowest BCUT2D eigenvalue weighted by Gasteiger charge is -2.35. The molecule has 1 saturated heterocycles. The molecule has 1 aliphatic carbocycles. The second-order valence-electron chi connectivity index (χ2n) is 6.61. The number of likely N-dealkylation sites (tertiary alicyclic amines) is 1. The third kappa shape index (κ3) is 2.85. The van der Waals surface area contributed by atoms with Gasteiger partial charge in [-0.2, -0.15) is 0 Å². The fourth-order valence-electron chi connectivity index (χ4n) is 3.96. The predicted molar refractivity (Wildman–Crippen MR) is 86.9 cm³/mol. The molecule has 0 spiro atoms. The van der Waals surface area contributed by atoms with Gasteiger partial charge in [-0.1, -0.05) is 18.2 Å². The fourth-order valence-corrected chi connectivity index (χ4v) is 3.96. The predicted octanol–water partition coefficient (Wildman–Crippen LogP) is 1.21. The first-order chi connectivity index (χ1) is 11.1. The average Bonchev–Trinajstić information content (AvgIpc) is 3.14. The summed E-state index contributed by atoms with van der Waals surface area (Å²) in [5, 5.41) is 0. The molecule has 2 amide bonds. The van der Waals surface area contributed by atoms with E-state index in [0.717, 1.165) is 24.8 Å². The normalized spacial score (nSPS) is 23.1. The molecule has 0 bridgehead atoms. The van der Waals surface area contributed by atoms with Crippen LogP contribution in [0.25, 0.3) is 0 Å². The van der Waals surface area contributed by atoms with E-state index in [-0.39, 0.29) is 12.5 Å². The van der Waals surface area contributed by atoms with Crippen LogP contribution in [0.4, 0.5) is 0 Å². The Morgan fingerprint density at radius 2 is 2.04 bits per heavy atom. The minimum absolute atomic E-state index is 0.0451. The number of ether oxygens (including phenoxy) is 1. The number of benzene rings is 1. The monoisotopic (exact) mass is 316 g/mol. The molecule has 23 heavy (non-hydrogen) atoms. The van der Waals surface area contributed by atoms with Crippen molar-refractivity contribution in [3.63, 3.8) is 0 Å². The molecule has 124 valence electrons. The number of hydrogen-bond donors (Lipinski definition) is 1. The Morgan fingerprint density at radius 3 is 2.78 bits per heavy atom. The number of fused-ring (bicyclic) bond motifs is 1. The quantitative estimate of drug-likeness (QED) is 0.887. The Bertz CT molecular complexity index is 629. The summed E-state index contributed by atoms with van der Waals surface area (Å²) in [6.45, 7) is 0.730. The molecule has 0 radical (unpaired) electrons. The Balaban J connectivity index is 1.78. The minimum atomic E-state index is -0.984. The SMILES string of the molecule is COCC1(C(N)=O)CCCN1C(=O)Cc1ccc2c(c1)CCC2. The third-order valence-corrected chi connectivity index (χ3v) is 5.15. The summed E-state index contributed by atoms with van der Waals surface area (Å²) in [5.74, 6) is -0.518. The van der Waals surface area contributed by atoms with Crippen molar-refractivity contribution in [1.29, 1.82) is 0 Å². The highest BCUT2D eigenvalue weighted by atomic mass is 16.5. The van der Waals surface area contributed by atoms with Gasteiger partial charge in [-0.25, -0.2) is 0 Å². The molecule has 1 fully saturated rings. The van der Waals surface area contributed by atoms with Crippen molar-refractivity contribution in [1.82, 2.24) is 4.90 Å². The topological polar surface area (TPSA) is 72.6 Å². The Kier molecular flexibility index (Phi) is 4.39. The zero-order valence-corrected chi connectivity index (χ0v) is 13.6. The first-order valence-corrected chi connectivity index (χ1v) is 8.27. The van der Waals surface area contributed by atoms with E-state index in [1.54, 1.807) is 4.90 Å². The standard InChI is InChI=1S/C18H24N2O3/c1-23-12-18(17(19)22)8-3-9-20(18)16(21)11-13-6-7-14-4-2-5-15(14)10-13/h6-7,10H,2-5,8-9,11-12H2,1H3,(H2,19,22). The van der Waals surface area contributed by atoms with Gasteiger partial charge in [0.15, 0.2) is 0 Å². The number of nitrogens with zero attached hydrogens (tertiary/aromatic N) is 1. The summed E-state index contributed by atoms with van der Waals surface area (Å²) < 4.78 is 5.19. The van der Waals surface area contributed by atoms with E-state index < -0.39 is 11.4 Å². The van der Waals surface area contributed by atoms with Crippen molar-refractivity contribution in [2.45, 2.75) is 44.1 Å². The Labute approximate surface area is 136 Å². The van der Waals surface area contributed by atoms with Crippen LogP contribution in [0.1, 0.15) is 36.0 Å². The number of hydrogen-bond acceptors (Lipinski definition) is 3. The Hall–Kier alpha value is -1.88. The molecule has 1 unspecified atom stereocenters. The van der Waals surface area contributed by atoms with E-state index in [0.29, 0.717) is 19.4 Å². The first-order valence-electron chi connectivity index (χ1n) is 8.27. The van der Waals surface area contributed by atoms with Gasteiger partial charge in [0.05, 0.1) is 13.0 Å². The number of methoxy groups -OCH3 is 1. The van der Waals surface area contributed by atoms with E-state index >= 15 is 0 Å². The van der Waals surface area contributed by atoms with Crippen LogP contribution in [-0.2, 0) is 33.6 Å². The molecule has 5 heteroatoms. The van der Waals surface area contributed by atoms with Crippen molar-refractivity contribution in [2.75, 3.05) is 20.3 Å². The minimum Gasteiger partial charge on any atom is -0.382 e. The molecular formula is C18H24N2O3. The highest BCUT2D eigenvalue weighted by molar-refractivity contribution is 5.92. The number of carbonyl (C=O) groups is 2. The molecule has 1 aliphatic heterocycles. The second kappa shape index (κ2) is 6.32. The summed E-state index contributed by atoms with van der Waals surface area (Å²) >= 11 is 0. The Morgan fingerprint density at radius 1 is 1.26 bits per heavy atom. The summed E-state index contributed by atoms with van der Waals surface area (Å²) in [5.41, 5.74) is 8.38. The maximum atomic E-state index is 12.8. The van der Waals surface area contributed by atoms with Crippen LogP contribution in [-0.4, -0.2) is 42.5 Å². The van der Waals surface area contributed by atoms with Crippen LogP contribution in [0.2, 0.25) is 0 Å². The second-order valence-corrected chi connectivity index (χ2v) is 6.61. The summed E-state index contributed by atoms with van der Waals surface area (Å²) in [7, 11) is 1.53. The number of nitrogens with two attached hydrogens (primary N) is 1. The van der Waals surface area contributed by atoms with Gasteiger partial charge in [0.25, 0.3) is 0 Å². The zero-order valence-electron chi connectivity index (χ0n) is 13.6. The molecule has 0 aromatic heterocycles. The smallest absolute Gasteiger partial charge is 0.245 e. The van der Waals surface area contributed by atoms with Gasteiger partial charge < -0.3 is 15.4 Å². The molecule has 5 nitrogen and oxygen atoms in total. The average molecular weight is 316 g/mol. The van der Waals surface area contributed by atoms with Crippen molar-refractivity contribution < 1.29 is 14.3 Å². The summed E-state index contributed by atoms with van der Waals surface area (Å²) in [6.07, 6.45) is 5.09. The molecule has 1 aromatic rings. The van der Waals surface area contributed by atoms with E-state index in [9.17, 15) is 9.59 Å². The lowest BCUT2D eigenvalue weighted by atomic mass is 9.95. The lowest BCUT2D eigenvalue weighted by Crippen LogP contribution is -2.59. The van der Waals surface area contributed by atoms with Gasteiger partial charge in [0.1, 0.15) is 5.54 Å². The molecule has 2 aliphatic rings. The first kappa shape index (κ1) is 16.0. The van der Waals surface area contributed by atoms with Crippen molar-refractivity contribution in [2.24, 2.45) is 5.73 Å². The third-order valence-electron chi connectivity index (χ3n) is 5.15. The number of amides is 2. The van der Waals surface area contributed by atoms with Crippen molar-refractivity contribution >= 4 is 11.8 Å². The highest BCUT2D eigenvalue weighted by Crippen LogP contribution is 2.31. The zero-order chi connectivity index (χ0) is 16.4. The van der Waals surface area contributed by atoms with Crippen LogP contribution in [0.5, 0.6) is 0 Å². The van der Waals surface area contributed by atoms with Crippen LogP contribution < -0.4 is 5.73 Å². The number of rotatable bonds is 5. The van der Waals surface area contributed by atoms with E-state index in [1.807, 2.05) is 6.07 Å². The molecule has 1 aromatic carbocycles. The summed E-state index contributed by atoms with van der Waals surface area (Å²) in [4.78, 5) is 26.4. The number of aryl methyl sites for hydroxylation is 2. The van der Waals surface area contributed by atoms with E-state index in [2.05, 4.69) is 12.1 Å². The van der Waals surface area contributed by atoms with E-state index in [4.69, 9.17) is 10.5 Å². The van der Waals surface area contributed by atoms with Gasteiger partial charge in [-0.05, 0) is 48.8 Å². The highest BCUT2D eigenvalue weighted by Gasteiger charge is 2.48. The molecule has 3 rings (SSSR count). The number of primary amides is 1. The van der Waals surface area contributed by atoms with Crippen molar-refractivity contribution in [3.05, 3.63) is 34.9 Å². The molecular weight excluding hydrogens is 292 g/mol. The van der Waals surface area contributed by atoms with Gasteiger partial charge in [-0.15, -0.1) is 0 Å². The van der Waals surface area contributed by atoms with E-state index in [1.165, 1.54) is 24.7 Å². The van der Waals surface area contributed by atoms with Crippen LogP contribution in [0.15, 0.2) is 18.2 Å². The van der Waals surface area contributed by atoms with Crippen LogP contribution in [0, 0.1) is 0 Å². The largest absolute Gasteiger partial charge is 0.382 e. The summed E-state index contributed by atoms with van der Waals surface area (Å²) in [6, 6.07) is 6.30. The van der Waals surface area contributed by atoms with Gasteiger partial charge in [0.2, 0.25) is 11.8 Å². The number of carbonyl (C=O) groups excluding carboxylic acids is 2. The van der Waals surface area contributed by atoms with Crippen molar-refractivity contribution in [3.8, 4) is 0 Å². The maximum absolute atomic E-state index is 12.8. The van der Waals surface area contributed by atoms with Crippen LogP contribution >= 0.6 is 0 Å². The molecule has 0 saturated carbocycles. The molecule has 1 atom stereocenters. The van der Waals surface area contributed by atoms with Gasteiger partial charge >= 0.3 is 0 Å². The maximum Gasteiger partial charge on any atom is 0.245 e.